The number of hydrogen-bond donors (Lipinski definition) is 1. The van der Waals surface area contributed by atoms with Crippen LogP contribution in [-0.2, 0) is 22.6 Å². The van der Waals surface area contributed by atoms with Gasteiger partial charge >= 0.3 is 0 Å². The van der Waals surface area contributed by atoms with Gasteiger partial charge in [0.15, 0.2) is 0 Å². The Balaban J connectivity index is 1.92. The number of rotatable bonds is 12. The second-order valence-corrected chi connectivity index (χ2v) is 10.1. The largest absolute Gasteiger partial charge is 0.497 e. The zero-order chi connectivity index (χ0) is 25.9. The number of ether oxygens (including phenoxy) is 1. The van der Waals surface area contributed by atoms with E-state index in [2.05, 4.69) is 5.32 Å². The number of nitrogens with one attached hydrogen (secondary N) is 1. The van der Waals surface area contributed by atoms with Crippen LogP contribution in [0.3, 0.4) is 0 Å². The molecule has 0 aromatic heterocycles. The summed E-state index contributed by atoms with van der Waals surface area (Å²) >= 11 is 7.44. The van der Waals surface area contributed by atoms with Crippen molar-refractivity contribution < 1.29 is 14.3 Å². The molecule has 0 saturated carbocycles. The summed E-state index contributed by atoms with van der Waals surface area (Å²) < 4.78 is 5.39. The predicted octanol–water partition coefficient (Wildman–Crippen LogP) is 6.00. The number of amides is 2. The third-order valence-electron chi connectivity index (χ3n) is 5.94. The number of benzene rings is 3. The summed E-state index contributed by atoms with van der Waals surface area (Å²) in [4.78, 5) is 29.9. The molecule has 3 aromatic carbocycles. The summed E-state index contributed by atoms with van der Waals surface area (Å²) in [6.45, 7) is 4.30. The number of carbonyl (C=O) groups excluding carboxylic acids is 2. The Bertz CT molecular complexity index is 1120. The Morgan fingerprint density at radius 2 is 1.69 bits per heavy atom. The van der Waals surface area contributed by atoms with Crippen molar-refractivity contribution in [3.8, 4) is 5.75 Å². The smallest absolute Gasteiger partial charge is 0.243 e. The van der Waals surface area contributed by atoms with Crippen molar-refractivity contribution in [2.45, 2.75) is 50.2 Å². The minimum absolute atomic E-state index is 0.00740. The van der Waals surface area contributed by atoms with E-state index < -0.39 is 6.04 Å². The van der Waals surface area contributed by atoms with E-state index in [1.54, 1.807) is 24.1 Å². The Morgan fingerprint density at radius 3 is 2.36 bits per heavy atom. The maximum atomic E-state index is 13.7. The van der Waals surface area contributed by atoms with E-state index in [9.17, 15) is 9.59 Å². The van der Waals surface area contributed by atoms with Crippen LogP contribution in [0.2, 0.25) is 5.02 Å². The lowest BCUT2D eigenvalue weighted by Gasteiger charge is -2.32. The minimum Gasteiger partial charge on any atom is -0.497 e. The molecule has 3 rings (SSSR count). The van der Waals surface area contributed by atoms with E-state index in [4.69, 9.17) is 16.3 Å². The van der Waals surface area contributed by atoms with E-state index >= 15 is 0 Å². The number of methoxy groups -OCH3 is 1. The molecule has 36 heavy (non-hydrogen) atoms. The van der Waals surface area contributed by atoms with E-state index in [-0.39, 0.29) is 23.6 Å². The van der Waals surface area contributed by atoms with Gasteiger partial charge in [-0.25, -0.2) is 0 Å². The highest BCUT2D eigenvalue weighted by Crippen LogP contribution is 2.23. The van der Waals surface area contributed by atoms with Crippen molar-refractivity contribution in [1.29, 1.82) is 0 Å². The van der Waals surface area contributed by atoms with Crippen LogP contribution in [0.1, 0.15) is 31.4 Å². The minimum atomic E-state index is -0.661. The maximum absolute atomic E-state index is 13.7. The third kappa shape index (κ3) is 8.32. The van der Waals surface area contributed by atoms with Crippen LogP contribution >= 0.6 is 23.4 Å². The van der Waals surface area contributed by atoms with Crippen molar-refractivity contribution in [3.05, 3.63) is 95.0 Å². The first-order valence-corrected chi connectivity index (χ1v) is 13.4. The zero-order valence-corrected chi connectivity index (χ0v) is 22.5. The van der Waals surface area contributed by atoms with Crippen LogP contribution in [0.4, 0.5) is 0 Å². The second kappa shape index (κ2) is 14.0. The summed E-state index contributed by atoms with van der Waals surface area (Å²) in [6.07, 6.45) is 1.23. The van der Waals surface area contributed by atoms with Gasteiger partial charge in [0.2, 0.25) is 11.8 Å². The van der Waals surface area contributed by atoms with Crippen LogP contribution in [0.25, 0.3) is 0 Å². The number of halogens is 1. The van der Waals surface area contributed by atoms with Crippen molar-refractivity contribution in [3.63, 3.8) is 0 Å². The van der Waals surface area contributed by atoms with Gasteiger partial charge in [0.05, 0.1) is 12.9 Å². The standard InChI is InChI=1S/C29H33ClN2O3S/c1-4-21(2)31-29(34)27(18-22-9-6-5-7-10-22)32(19-23-11-8-12-25(17-23)35-3)28(33)20-36-26-15-13-24(30)14-16-26/h5-17,21,27H,4,18-20H2,1-3H3,(H,31,34)/t21-,27-/m1/s1. The first-order valence-electron chi connectivity index (χ1n) is 12.0. The summed E-state index contributed by atoms with van der Waals surface area (Å²) in [5.41, 5.74) is 1.89. The predicted molar refractivity (Wildman–Crippen MR) is 148 cm³/mol. The second-order valence-electron chi connectivity index (χ2n) is 8.64. The summed E-state index contributed by atoms with van der Waals surface area (Å²) in [5, 5.41) is 3.74. The van der Waals surface area contributed by atoms with Gasteiger partial charge in [-0.05, 0) is 60.9 Å². The fourth-order valence-electron chi connectivity index (χ4n) is 3.72. The molecule has 0 heterocycles. The highest BCUT2D eigenvalue weighted by Gasteiger charge is 2.31. The number of carbonyl (C=O) groups is 2. The molecule has 1 N–H and O–H groups in total. The molecule has 0 aliphatic rings. The average Bonchev–Trinajstić information content (AvgIpc) is 2.90. The van der Waals surface area contributed by atoms with Gasteiger partial charge in [0.25, 0.3) is 0 Å². The molecular weight excluding hydrogens is 492 g/mol. The van der Waals surface area contributed by atoms with Crippen LogP contribution in [0.15, 0.2) is 83.8 Å². The van der Waals surface area contributed by atoms with E-state index in [1.165, 1.54) is 11.8 Å². The molecule has 2 amide bonds. The SMILES string of the molecule is CC[C@@H](C)NC(=O)[C@@H](Cc1ccccc1)N(Cc1cccc(OC)c1)C(=O)CSc1ccc(Cl)cc1. The maximum Gasteiger partial charge on any atom is 0.243 e. The lowest BCUT2D eigenvalue weighted by atomic mass is 10.0. The van der Waals surface area contributed by atoms with Crippen molar-refractivity contribution >= 4 is 35.2 Å². The topological polar surface area (TPSA) is 58.6 Å². The van der Waals surface area contributed by atoms with Gasteiger partial charge in [0, 0.05) is 28.9 Å². The molecule has 0 radical (unpaired) electrons. The molecule has 0 bridgehead atoms. The van der Waals surface area contributed by atoms with Crippen molar-refractivity contribution in [2.75, 3.05) is 12.9 Å². The number of thioether (sulfide) groups is 1. The molecule has 0 fully saturated rings. The van der Waals surface area contributed by atoms with Gasteiger partial charge in [-0.3, -0.25) is 9.59 Å². The first kappa shape index (κ1) is 27.6. The Kier molecular flexibility index (Phi) is 10.7. The lowest BCUT2D eigenvalue weighted by molar-refractivity contribution is -0.139. The molecule has 2 atom stereocenters. The van der Waals surface area contributed by atoms with E-state index in [0.717, 1.165) is 22.4 Å². The summed E-state index contributed by atoms with van der Waals surface area (Å²) in [5.74, 6) is 0.645. The molecule has 0 saturated heterocycles. The van der Waals surface area contributed by atoms with Crippen LogP contribution in [0, 0.1) is 0 Å². The normalized spacial score (nSPS) is 12.4. The van der Waals surface area contributed by atoms with Crippen LogP contribution in [-0.4, -0.2) is 41.7 Å². The number of nitrogens with zero attached hydrogens (tertiary/aromatic N) is 1. The fraction of sp³-hybridized carbons (Fsp3) is 0.310. The van der Waals surface area contributed by atoms with E-state index in [0.29, 0.717) is 23.7 Å². The molecule has 190 valence electrons. The number of hydrogen-bond acceptors (Lipinski definition) is 4. The monoisotopic (exact) mass is 524 g/mol. The van der Waals surface area contributed by atoms with Gasteiger partial charge in [-0.15, -0.1) is 11.8 Å². The van der Waals surface area contributed by atoms with Gasteiger partial charge in [0.1, 0.15) is 11.8 Å². The molecule has 5 nitrogen and oxygen atoms in total. The highest BCUT2D eigenvalue weighted by molar-refractivity contribution is 8.00. The molecule has 0 aliphatic carbocycles. The molecule has 3 aromatic rings. The van der Waals surface area contributed by atoms with Gasteiger partial charge < -0.3 is 15.0 Å². The molecule has 7 heteroatoms. The lowest BCUT2D eigenvalue weighted by Crippen LogP contribution is -2.52. The van der Waals surface area contributed by atoms with E-state index in [1.807, 2.05) is 80.6 Å². The van der Waals surface area contributed by atoms with Gasteiger partial charge in [-0.2, -0.15) is 0 Å². The first-order chi connectivity index (χ1) is 17.4. The van der Waals surface area contributed by atoms with Crippen molar-refractivity contribution in [1.82, 2.24) is 10.2 Å². The van der Waals surface area contributed by atoms with Crippen LogP contribution in [0.5, 0.6) is 5.75 Å². The fourth-order valence-corrected chi connectivity index (χ4v) is 4.63. The molecule has 0 unspecified atom stereocenters. The Hall–Kier alpha value is -2.96. The molecule has 0 spiro atoms. The Labute approximate surface area is 223 Å². The van der Waals surface area contributed by atoms with Crippen LogP contribution < -0.4 is 10.1 Å². The molecule has 0 aliphatic heterocycles. The molecular formula is C29H33ClN2O3S. The average molecular weight is 525 g/mol. The van der Waals surface area contributed by atoms with Gasteiger partial charge in [-0.1, -0.05) is 61.0 Å². The third-order valence-corrected chi connectivity index (χ3v) is 7.18. The quantitative estimate of drug-likeness (QED) is 0.295. The summed E-state index contributed by atoms with van der Waals surface area (Å²) in [6, 6.07) is 24.2. The Morgan fingerprint density at radius 1 is 1.00 bits per heavy atom. The highest BCUT2D eigenvalue weighted by atomic mass is 35.5. The van der Waals surface area contributed by atoms with Crippen molar-refractivity contribution in [2.24, 2.45) is 0 Å². The zero-order valence-electron chi connectivity index (χ0n) is 20.9. The summed E-state index contributed by atoms with van der Waals surface area (Å²) in [7, 11) is 1.61.